The minimum absolute atomic E-state index is 0.100. The molecule has 3 aromatic rings. The lowest BCUT2D eigenvalue weighted by atomic mass is 9.84. The van der Waals surface area contributed by atoms with Gasteiger partial charge in [-0.2, -0.15) is 0 Å². The number of halogens is 2. The van der Waals surface area contributed by atoms with Crippen LogP contribution >= 0.6 is 0 Å². The summed E-state index contributed by atoms with van der Waals surface area (Å²) in [6.45, 7) is 4.62. The molecule has 1 N–H and O–H groups in total. The molecule has 1 amide bonds. The molecule has 3 heterocycles. The second kappa shape index (κ2) is 11.8. The number of hydrogen-bond donors (Lipinski definition) is 1. The van der Waals surface area contributed by atoms with E-state index in [0.29, 0.717) is 36.5 Å². The fourth-order valence-electron chi connectivity index (χ4n) is 6.36. The Labute approximate surface area is 224 Å². The number of nitrogens with zero attached hydrogens (tertiary/aromatic N) is 3. The Balaban J connectivity index is 1.18. The van der Waals surface area contributed by atoms with Crippen molar-refractivity contribution in [2.24, 2.45) is 5.92 Å². The Hall–Kier alpha value is -3.03. The van der Waals surface area contributed by atoms with E-state index in [-0.39, 0.29) is 5.91 Å². The van der Waals surface area contributed by atoms with Crippen LogP contribution in [0.15, 0.2) is 54.7 Å². The average Bonchev–Trinajstić information content (AvgIpc) is 3.34. The SMILES string of the molecule is CN(C)CC(C1CCN(C(=O)/C=C/c2cc(F)cc(F)c2)CC1)N1CCC(c2c[nH]c3ccccc23)CC1. The third kappa shape index (κ3) is 6.16. The smallest absolute Gasteiger partial charge is 0.246 e. The van der Waals surface area contributed by atoms with Gasteiger partial charge in [0.25, 0.3) is 0 Å². The molecule has 0 radical (unpaired) electrons. The molecule has 1 unspecified atom stereocenters. The average molecular weight is 521 g/mol. The molecule has 0 saturated carbocycles. The summed E-state index contributed by atoms with van der Waals surface area (Å²) in [6, 6.07) is 12.3. The third-order valence-corrected chi connectivity index (χ3v) is 8.31. The highest BCUT2D eigenvalue weighted by molar-refractivity contribution is 5.91. The Morgan fingerprint density at radius 1 is 1.03 bits per heavy atom. The first-order valence-corrected chi connectivity index (χ1v) is 13.8. The van der Waals surface area contributed by atoms with Gasteiger partial charge in [-0.25, -0.2) is 8.78 Å². The zero-order valence-electron chi connectivity index (χ0n) is 22.4. The van der Waals surface area contributed by atoms with Gasteiger partial charge in [0.2, 0.25) is 5.91 Å². The number of fused-ring (bicyclic) bond motifs is 1. The number of nitrogens with one attached hydrogen (secondary N) is 1. The minimum Gasteiger partial charge on any atom is -0.361 e. The van der Waals surface area contributed by atoms with Crippen molar-refractivity contribution < 1.29 is 13.6 Å². The number of para-hydroxylation sites is 1. The minimum atomic E-state index is -0.643. The van der Waals surface area contributed by atoms with E-state index in [9.17, 15) is 13.6 Å². The number of rotatable bonds is 7. The van der Waals surface area contributed by atoms with Crippen molar-refractivity contribution in [1.82, 2.24) is 19.7 Å². The Bertz CT molecular complexity index is 1250. The highest BCUT2D eigenvalue weighted by atomic mass is 19.1. The van der Waals surface area contributed by atoms with Crippen LogP contribution in [-0.2, 0) is 4.79 Å². The van der Waals surface area contributed by atoms with Gasteiger partial charge >= 0.3 is 0 Å². The van der Waals surface area contributed by atoms with Crippen LogP contribution < -0.4 is 0 Å². The molecule has 0 aliphatic carbocycles. The summed E-state index contributed by atoms with van der Waals surface area (Å²) < 4.78 is 26.9. The van der Waals surface area contributed by atoms with E-state index in [1.54, 1.807) is 0 Å². The van der Waals surface area contributed by atoms with Gasteiger partial charge in [-0.05, 0) is 100 Å². The van der Waals surface area contributed by atoms with Crippen LogP contribution in [0.25, 0.3) is 17.0 Å². The number of likely N-dealkylation sites (tertiary alicyclic amines) is 2. The van der Waals surface area contributed by atoms with E-state index in [4.69, 9.17) is 0 Å². The number of amides is 1. The fraction of sp³-hybridized carbons (Fsp3) is 0.452. The van der Waals surface area contributed by atoms with E-state index in [1.807, 2.05) is 4.90 Å². The number of H-pyrrole nitrogens is 1. The maximum Gasteiger partial charge on any atom is 0.246 e. The molecule has 5 nitrogen and oxygen atoms in total. The van der Waals surface area contributed by atoms with Gasteiger partial charge in [-0.3, -0.25) is 9.69 Å². The standard InChI is InChI=1S/C31H38F2N4O/c1-35(2)21-30(36-13-9-23(10-14-36)28-20-34-29-6-4-3-5-27(28)29)24-11-15-37(16-12-24)31(38)8-7-22-17-25(32)19-26(33)18-22/h3-8,17-20,23-24,30,34H,9-16,21H2,1-2H3/b8-7+. The Kier molecular flexibility index (Phi) is 8.24. The van der Waals surface area contributed by atoms with E-state index in [0.717, 1.165) is 51.4 Å². The summed E-state index contributed by atoms with van der Waals surface area (Å²) in [5.74, 6) is -0.268. The first-order chi connectivity index (χ1) is 18.4. The number of likely N-dealkylation sites (N-methyl/N-ethyl adjacent to an activating group) is 1. The molecule has 2 saturated heterocycles. The van der Waals surface area contributed by atoms with E-state index in [2.05, 4.69) is 59.3 Å². The van der Waals surface area contributed by atoms with Crippen LogP contribution in [-0.4, -0.2) is 78.5 Å². The molecule has 2 aliphatic rings. The Morgan fingerprint density at radius 3 is 2.39 bits per heavy atom. The summed E-state index contributed by atoms with van der Waals surface area (Å²) in [5, 5.41) is 1.35. The van der Waals surface area contributed by atoms with Crippen molar-refractivity contribution in [3.63, 3.8) is 0 Å². The number of piperidine rings is 2. The zero-order chi connectivity index (χ0) is 26.6. The summed E-state index contributed by atoms with van der Waals surface area (Å²) in [4.78, 5) is 23.0. The predicted octanol–water partition coefficient (Wildman–Crippen LogP) is 5.51. The summed E-state index contributed by atoms with van der Waals surface area (Å²) in [5.41, 5.74) is 3.02. The summed E-state index contributed by atoms with van der Waals surface area (Å²) >= 11 is 0. The van der Waals surface area contributed by atoms with E-state index >= 15 is 0 Å². The largest absolute Gasteiger partial charge is 0.361 e. The molecule has 0 spiro atoms. The number of aromatic nitrogens is 1. The molecule has 0 bridgehead atoms. The van der Waals surface area contributed by atoms with Gasteiger partial charge < -0.3 is 14.8 Å². The lowest BCUT2D eigenvalue weighted by molar-refractivity contribution is -0.127. The molecule has 7 heteroatoms. The molecule has 5 rings (SSSR count). The summed E-state index contributed by atoms with van der Waals surface area (Å²) in [7, 11) is 4.29. The van der Waals surface area contributed by atoms with Crippen LogP contribution in [0.1, 0.15) is 42.7 Å². The molecule has 202 valence electrons. The lowest BCUT2D eigenvalue weighted by Gasteiger charge is -2.44. The number of benzene rings is 2. The predicted molar refractivity (Wildman–Crippen MR) is 149 cm³/mol. The van der Waals surface area contributed by atoms with Crippen molar-refractivity contribution >= 4 is 22.9 Å². The van der Waals surface area contributed by atoms with Crippen molar-refractivity contribution in [3.05, 3.63) is 77.5 Å². The van der Waals surface area contributed by atoms with E-state index in [1.165, 1.54) is 40.8 Å². The van der Waals surface area contributed by atoms with Crippen molar-refractivity contribution in [3.8, 4) is 0 Å². The topological polar surface area (TPSA) is 42.6 Å². The van der Waals surface area contributed by atoms with Crippen LogP contribution in [0.3, 0.4) is 0 Å². The Morgan fingerprint density at radius 2 is 1.71 bits per heavy atom. The summed E-state index contributed by atoms with van der Waals surface area (Å²) in [6.07, 6.45) is 9.39. The lowest BCUT2D eigenvalue weighted by Crippen LogP contribution is -2.52. The normalized spacial score (nSPS) is 19.1. The first kappa shape index (κ1) is 26.6. The third-order valence-electron chi connectivity index (χ3n) is 8.31. The molecule has 1 atom stereocenters. The van der Waals surface area contributed by atoms with E-state index < -0.39 is 11.6 Å². The molecular weight excluding hydrogens is 482 g/mol. The monoisotopic (exact) mass is 520 g/mol. The van der Waals surface area contributed by atoms with Crippen LogP contribution in [0.5, 0.6) is 0 Å². The molecular formula is C31H38F2N4O. The van der Waals surface area contributed by atoms with Crippen LogP contribution in [0, 0.1) is 17.6 Å². The first-order valence-electron chi connectivity index (χ1n) is 13.8. The quantitative estimate of drug-likeness (QED) is 0.418. The number of aromatic amines is 1. The molecule has 2 fully saturated rings. The fourth-order valence-corrected chi connectivity index (χ4v) is 6.36. The van der Waals surface area contributed by atoms with Crippen molar-refractivity contribution in [1.29, 1.82) is 0 Å². The van der Waals surface area contributed by atoms with Crippen LogP contribution in [0.4, 0.5) is 8.78 Å². The molecule has 2 aromatic carbocycles. The second-order valence-electron chi connectivity index (χ2n) is 11.1. The van der Waals surface area contributed by atoms with Crippen molar-refractivity contribution in [2.45, 2.75) is 37.6 Å². The number of carbonyl (C=O) groups excluding carboxylic acids is 1. The van der Waals surface area contributed by atoms with Gasteiger partial charge in [-0.15, -0.1) is 0 Å². The van der Waals surface area contributed by atoms with Gasteiger partial charge in [-0.1, -0.05) is 18.2 Å². The maximum atomic E-state index is 13.4. The zero-order valence-corrected chi connectivity index (χ0v) is 22.4. The van der Waals surface area contributed by atoms with Gasteiger partial charge in [0.05, 0.1) is 0 Å². The molecule has 2 aliphatic heterocycles. The highest BCUT2D eigenvalue weighted by Crippen LogP contribution is 2.35. The molecule has 38 heavy (non-hydrogen) atoms. The highest BCUT2D eigenvalue weighted by Gasteiger charge is 2.34. The second-order valence-corrected chi connectivity index (χ2v) is 11.1. The van der Waals surface area contributed by atoms with Crippen molar-refractivity contribution in [2.75, 3.05) is 46.8 Å². The van der Waals surface area contributed by atoms with Gasteiger partial charge in [0.15, 0.2) is 0 Å². The van der Waals surface area contributed by atoms with Crippen LogP contribution in [0.2, 0.25) is 0 Å². The number of hydrogen-bond acceptors (Lipinski definition) is 3. The number of carbonyl (C=O) groups is 1. The molecule has 1 aromatic heterocycles. The van der Waals surface area contributed by atoms with Gasteiger partial charge in [0, 0.05) is 54.9 Å². The van der Waals surface area contributed by atoms with Gasteiger partial charge in [0.1, 0.15) is 11.6 Å². The maximum absolute atomic E-state index is 13.4.